The lowest BCUT2D eigenvalue weighted by Crippen LogP contribution is -2.56. The van der Waals surface area contributed by atoms with Crippen LogP contribution in [0.25, 0.3) is 0 Å². The van der Waals surface area contributed by atoms with Crippen LogP contribution in [-0.4, -0.2) is 63.1 Å². The molecule has 0 aliphatic carbocycles. The van der Waals surface area contributed by atoms with Gasteiger partial charge in [0, 0.05) is 0 Å². The molecule has 0 aromatic carbocycles. The van der Waals surface area contributed by atoms with Gasteiger partial charge in [-0.15, -0.1) is 0 Å². The zero-order valence-electron chi connectivity index (χ0n) is 9.00. The van der Waals surface area contributed by atoms with Gasteiger partial charge in [0.05, 0.1) is 21.1 Å². The molecule has 1 unspecified atom stereocenters. The molecule has 1 atom stereocenters. The quantitative estimate of drug-likeness (QED) is 0.260. The summed E-state index contributed by atoms with van der Waals surface area (Å²) in [6, 6.07) is 0. The molecule has 3 N–H and O–H groups in total. The molecule has 0 saturated carbocycles. The van der Waals surface area contributed by atoms with E-state index in [1.807, 2.05) is 0 Å². The highest BCUT2D eigenvalue weighted by molar-refractivity contribution is 7.85. The van der Waals surface area contributed by atoms with Gasteiger partial charge in [0.15, 0.2) is 0 Å². The first-order chi connectivity index (χ1) is 6.54. The summed E-state index contributed by atoms with van der Waals surface area (Å²) in [6.07, 6.45) is -0.883. The van der Waals surface area contributed by atoms with Crippen molar-refractivity contribution in [1.29, 1.82) is 0 Å². The van der Waals surface area contributed by atoms with Crippen molar-refractivity contribution in [3.63, 3.8) is 0 Å². The Morgan fingerprint density at radius 3 is 2.27 bits per heavy atom. The Kier molecular flexibility index (Phi) is 4.65. The molecule has 8 heteroatoms. The third kappa shape index (κ3) is 6.39. The second kappa shape index (κ2) is 4.88. The molecule has 7 nitrogen and oxygen atoms in total. The van der Waals surface area contributed by atoms with E-state index >= 15 is 0 Å². The Labute approximate surface area is 89.1 Å². The van der Waals surface area contributed by atoms with Crippen LogP contribution >= 0.6 is 0 Å². The van der Waals surface area contributed by atoms with Crippen LogP contribution < -0.4 is 5.73 Å². The van der Waals surface area contributed by atoms with Gasteiger partial charge >= 0.3 is 5.97 Å². The van der Waals surface area contributed by atoms with E-state index in [4.69, 9.17) is 10.3 Å². The van der Waals surface area contributed by atoms with Crippen molar-refractivity contribution in [3.8, 4) is 0 Å². The molecule has 0 aliphatic heterocycles. The van der Waals surface area contributed by atoms with Gasteiger partial charge in [0.1, 0.15) is 12.4 Å². The van der Waals surface area contributed by atoms with E-state index < -0.39 is 34.6 Å². The molecule has 15 heavy (non-hydrogen) atoms. The van der Waals surface area contributed by atoms with Gasteiger partial charge < -0.3 is 9.22 Å². The maximum Gasteiger partial charge on any atom is 0.381 e. The van der Waals surface area contributed by atoms with Gasteiger partial charge in [-0.05, 0) is 0 Å². The Bertz CT molecular complexity index is 319. The van der Waals surface area contributed by atoms with Crippen molar-refractivity contribution in [1.82, 2.24) is 0 Å². The lowest BCUT2D eigenvalue weighted by molar-refractivity contribution is -0.887. The van der Waals surface area contributed by atoms with Crippen molar-refractivity contribution >= 4 is 16.1 Å². The summed E-state index contributed by atoms with van der Waals surface area (Å²) >= 11 is 0. The normalized spacial score (nSPS) is 14.7. The van der Waals surface area contributed by atoms with Crippen LogP contribution in [0.2, 0.25) is 0 Å². The SMILES string of the molecule is C[N+](C)(C)C(N)C(=O)OCCS(=O)(=O)O. The van der Waals surface area contributed by atoms with Gasteiger partial charge in [-0.25, -0.2) is 4.79 Å². The lowest BCUT2D eigenvalue weighted by Gasteiger charge is -2.28. The van der Waals surface area contributed by atoms with Gasteiger partial charge in [-0.3, -0.25) is 10.3 Å². The first-order valence-electron chi connectivity index (χ1n) is 4.22. The molecular weight excluding hydrogens is 224 g/mol. The summed E-state index contributed by atoms with van der Waals surface area (Å²) in [5.41, 5.74) is 5.53. The van der Waals surface area contributed by atoms with Crippen molar-refractivity contribution in [2.45, 2.75) is 6.17 Å². The molecule has 0 aromatic rings. The first-order valence-corrected chi connectivity index (χ1v) is 5.83. The Morgan fingerprint density at radius 2 is 1.93 bits per heavy atom. The van der Waals surface area contributed by atoms with Gasteiger partial charge in [0.25, 0.3) is 10.1 Å². The average molecular weight is 241 g/mol. The van der Waals surface area contributed by atoms with E-state index in [1.165, 1.54) is 0 Å². The molecule has 0 aliphatic rings. The zero-order valence-corrected chi connectivity index (χ0v) is 9.82. The number of quaternary nitrogens is 1. The second-order valence-corrected chi connectivity index (χ2v) is 5.59. The number of ether oxygens (including phenoxy) is 1. The predicted molar refractivity (Wildman–Crippen MR) is 53.4 cm³/mol. The summed E-state index contributed by atoms with van der Waals surface area (Å²) in [6.45, 7) is -0.397. The number of carbonyl (C=O) groups excluding carboxylic acids is 1. The average Bonchev–Trinajstić information content (AvgIpc) is 1.98. The fourth-order valence-corrected chi connectivity index (χ4v) is 0.943. The molecule has 0 heterocycles. The Hall–Kier alpha value is -0.700. The van der Waals surface area contributed by atoms with Crippen LogP contribution in [0.3, 0.4) is 0 Å². The monoisotopic (exact) mass is 241 g/mol. The van der Waals surface area contributed by atoms with Gasteiger partial charge in [-0.1, -0.05) is 0 Å². The van der Waals surface area contributed by atoms with Crippen molar-refractivity contribution < 1.29 is 27.0 Å². The highest BCUT2D eigenvalue weighted by atomic mass is 32.2. The number of likely N-dealkylation sites (N-methyl/N-ethyl adjacent to an activating group) is 1. The minimum atomic E-state index is -4.10. The molecule has 0 saturated heterocycles. The van der Waals surface area contributed by atoms with Crippen molar-refractivity contribution in [2.75, 3.05) is 33.5 Å². The van der Waals surface area contributed by atoms with E-state index in [2.05, 4.69) is 4.74 Å². The standard InChI is InChI=1S/C7H16N2O5S/c1-9(2,3)6(8)7(10)14-4-5-15(11,12)13/h6H,4-5,8H2,1-3H3/p+1. The maximum atomic E-state index is 11.2. The maximum absolute atomic E-state index is 11.2. The van der Waals surface area contributed by atoms with Crippen LogP contribution in [0.4, 0.5) is 0 Å². The molecule has 90 valence electrons. The predicted octanol–water partition coefficient (Wildman–Crippen LogP) is -1.59. The summed E-state index contributed by atoms with van der Waals surface area (Å²) in [5.74, 6) is -1.33. The number of nitrogens with zero attached hydrogens (tertiary/aromatic N) is 1. The first kappa shape index (κ1) is 14.3. The summed E-state index contributed by atoms with van der Waals surface area (Å²) in [7, 11) is 1.01. The molecule has 0 aromatic heterocycles. The van der Waals surface area contributed by atoms with E-state index in [0.717, 1.165) is 0 Å². The fourth-order valence-electron chi connectivity index (χ4n) is 0.649. The van der Waals surface area contributed by atoms with Crippen LogP contribution in [0.15, 0.2) is 0 Å². The number of rotatable bonds is 5. The minimum absolute atomic E-state index is 0.171. The highest BCUT2D eigenvalue weighted by Gasteiger charge is 2.28. The van der Waals surface area contributed by atoms with Crippen LogP contribution in [-0.2, 0) is 19.6 Å². The molecular formula is C7H17N2O5S+. The van der Waals surface area contributed by atoms with Crippen molar-refractivity contribution in [2.24, 2.45) is 5.73 Å². The smallest absolute Gasteiger partial charge is 0.381 e. The molecule has 0 amide bonds. The Balaban J connectivity index is 4.07. The van der Waals surface area contributed by atoms with Gasteiger partial charge in [0.2, 0.25) is 6.17 Å². The summed E-state index contributed by atoms with van der Waals surface area (Å²) < 4.78 is 33.8. The van der Waals surface area contributed by atoms with Crippen LogP contribution in [0.1, 0.15) is 0 Å². The van der Waals surface area contributed by atoms with Crippen LogP contribution in [0, 0.1) is 0 Å². The number of esters is 1. The molecule has 0 fully saturated rings. The third-order valence-electron chi connectivity index (χ3n) is 1.66. The van der Waals surface area contributed by atoms with E-state index in [9.17, 15) is 13.2 Å². The topological polar surface area (TPSA) is 107 Å². The number of nitrogens with two attached hydrogens (primary N) is 1. The van der Waals surface area contributed by atoms with Gasteiger partial charge in [-0.2, -0.15) is 8.42 Å². The number of carbonyl (C=O) groups is 1. The van der Waals surface area contributed by atoms with Crippen molar-refractivity contribution in [3.05, 3.63) is 0 Å². The number of hydrogen-bond acceptors (Lipinski definition) is 5. The molecule has 0 radical (unpaired) electrons. The Morgan fingerprint density at radius 1 is 1.47 bits per heavy atom. The van der Waals surface area contributed by atoms with E-state index in [1.54, 1.807) is 21.1 Å². The highest BCUT2D eigenvalue weighted by Crippen LogP contribution is 1.99. The summed E-state index contributed by atoms with van der Waals surface area (Å²) in [5, 5.41) is 0. The second-order valence-electron chi connectivity index (χ2n) is 4.01. The lowest BCUT2D eigenvalue weighted by atomic mass is 10.4. The fraction of sp³-hybridized carbons (Fsp3) is 0.857. The number of hydrogen-bond donors (Lipinski definition) is 2. The molecule has 0 bridgehead atoms. The third-order valence-corrected chi connectivity index (χ3v) is 2.34. The van der Waals surface area contributed by atoms with E-state index in [-0.39, 0.29) is 4.48 Å². The largest absolute Gasteiger partial charge is 0.459 e. The van der Waals surface area contributed by atoms with Crippen LogP contribution in [0.5, 0.6) is 0 Å². The molecule has 0 spiro atoms. The van der Waals surface area contributed by atoms with E-state index in [0.29, 0.717) is 0 Å². The molecule has 0 rings (SSSR count). The summed E-state index contributed by atoms with van der Waals surface area (Å²) in [4.78, 5) is 11.2. The zero-order chi connectivity index (χ0) is 12.3. The minimum Gasteiger partial charge on any atom is -0.459 e.